The number of rotatable bonds is 7. The van der Waals surface area contributed by atoms with E-state index in [-0.39, 0.29) is 0 Å². The standard InChI is InChI=1S/C18H24N2O/c1-4-6-14-7-9-15(10-8-14)21-16-11-12-18(20-13-16)17(5-2)19-3/h7-13,17,19H,4-6H2,1-3H3. The number of hydrogen-bond acceptors (Lipinski definition) is 3. The first-order chi connectivity index (χ1) is 10.3. The summed E-state index contributed by atoms with van der Waals surface area (Å²) in [7, 11) is 1.96. The van der Waals surface area contributed by atoms with Gasteiger partial charge in [0.1, 0.15) is 11.5 Å². The molecule has 0 aliphatic heterocycles. The van der Waals surface area contributed by atoms with Crippen molar-refractivity contribution >= 4 is 0 Å². The van der Waals surface area contributed by atoms with E-state index in [1.165, 1.54) is 5.56 Å². The fraction of sp³-hybridized carbons (Fsp3) is 0.389. The van der Waals surface area contributed by atoms with Crippen LogP contribution < -0.4 is 10.1 Å². The quantitative estimate of drug-likeness (QED) is 0.813. The Hall–Kier alpha value is -1.87. The van der Waals surface area contributed by atoms with Crippen LogP contribution in [0.25, 0.3) is 0 Å². The van der Waals surface area contributed by atoms with Gasteiger partial charge >= 0.3 is 0 Å². The summed E-state index contributed by atoms with van der Waals surface area (Å²) in [5.41, 5.74) is 2.39. The van der Waals surface area contributed by atoms with E-state index in [2.05, 4.69) is 36.3 Å². The van der Waals surface area contributed by atoms with E-state index < -0.39 is 0 Å². The molecule has 3 heteroatoms. The molecule has 0 saturated heterocycles. The number of hydrogen-bond donors (Lipinski definition) is 1. The van der Waals surface area contributed by atoms with Gasteiger partial charge in [0.05, 0.1) is 11.9 Å². The number of ether oxygens (including phenoxy) is 1. The first kappa shape index (κ1) is 15.5. The number of pyridine rings is 1. The lowest BCUT2D eigenvalue weighted by Crippen LogP contribution is -2.16. The minimum Gasteiger partial charge on any atom is -0.456 e. The van der Waals surface area contributed by atoms with Crippen LogP contribution in [0, 0.1) is 0 Å². The molecule has 0 aliphatic carbocycles. The van der Waals surface area contributed by atoms with Crippen LogP contribution in [0.2, 0.25) is 0 Å². The predicted molar refractivity (Wildman–Crippen MR) is 86.8 cm³/mol. The van der Waals surface area contributed by atoms with Gasteiger partial charge in [0.25, 0.3) is 0 Å². The van der Waals surface area contributed by atoms with E-state index >= 15 is 0 Å². The molecule has 1 atom stereocenters. The third-order valence-electron chi connectivity index (χ3n) is 3.57. The minimum atomic E-state index is 0.298. The smallest absolute Gasteiger partial charge is 0.145 e. The van der Waals surface area contributed by atoms with Crippen molar-refractivity contribution in [2.75, 3.05) is 7.05 Å². The molecule has 21 heavy (non-hydrogen) atoms. The van der Waals surface area contributed by atoms with Gasteiger partial charge in [-0.05, 0) is 49.7 Å². The number of aryl methyl sites for hydroxylation is 1. The molecular formula is C18H24N2O. The van der Waals surface area contributed by atoms with Gasteiger partial charge in [-0.15, -0.1) is 0 Å². The molecule has 0 spiro atoms. The summed E-state index contributed by atoms with van der Waals surface area (Å²) in [6, 6.07) is 12.6. The van der Waals surface area contributed by atoms with Gasteiger partial charge in [-0.3, -0.25) is 4.98 Å². The summed E-state index contributed by atoms with van der Waals surface area (Å²) in [6.45, 7) is 4.33. The van der Waals surface area contributed by atoms with Crippen LogP contribution in [0.3, 0.4) is 0 Å². The highest BCUT2D eigenvalue weighted by Crippen LogP contribution is 2.23. The van der Waals surface area contributed by atoms with Gasteiger partial charge in [-0.1, -0.05) is 32.4 Å². The van der Waals surface area contributed by atoms with E-state index in [1.807, 2.05) is 31.3 Å². The van der Waals surface area contributed by atoms with Crippen molar-refractivity contribution in [3.05, 3.63) is 53.9 Å². The van der Waals surface area contributed by atoms with Crippen LogP contribution in [0.4, 0.5) is 0 Å². The van der Waals surface area contributed by atoms with Crippen molar-refractivity contribution < 1.29 is 4.74 Å². The first-order valence-electron chi connectivity index (χ1n) is 7.66. The maximum atomic E-state index is 5.83. The van der Waals surface area contributed by atoms with E-state index in [9.17, 15) is 0 Å². The topological polar surface area (TPSA) is 34.1 Å². The highest BCUT2D eigenvalue weighted by Gasteiger charge is 2.08. The summed E-state index contributed by atoms with van der Waals surface area (Å²) in [5.74, 6) is 1.62. The summed E-state index contributed by atoms with van der Waals surface area (Å²) in [4.78, 5) is 4.48. The summed E-state index contributed by atoms with van der Waals surface area (Å²) in [5, 5.41) is 3.25. The fourth-order valence-electron chi connectivity index (χ4n) is 2.37. The van der Waals surface area contributed by atoms with Crippen LogP contribution in [0.1, 0.15) is 44.0 Å². The van der Waals surface area contributed by atoms with E-state index in [1.54, 1.807) is 6.20 Å². The maximum Gasteiger partial charge on any atom is 0.145 e. The van der Waals surface area contributed by atoms with Crippen molar-refractivity contribution in [3.8, 4) is 11.5 Å². The third kappa shape index (κ3) is 4.30. The molecule has 1 heterocycles. The van der Waals surface area contributed by atoms with Gasteiger partial charge < -0.3 is 10.1 Å². The van der Waals surface area contributed by atoms with E-state index in [4.69, 9.17) is 4.74 Å². The molecular weight excluding hydrogens is 260 g/mol. The molecule has 0 bridgehead atoms. The molecule has 2 rings (SSSR count). The molecule has 1 unspecified atom stereocenters. The number of benzene rings is 1. The van der Waals surface area contributed by atoms with Gasteiger partial charge in [-0.25, -0.2) is 0 Å². The Morgan fingerprint density at radius 3 is 2.29 bits per heavy atom. The highest BCUT2D eigenvalue weighted by molar-refractivity contribution is 5.32. The van der Waals surface area contributed by atoms with Crippen molar-refractivity contribution in [2.45, 2.75) is 39.2 Å². The molecule has 0 amide bonds. The van der Waals surface area contributed by atoms with Crippen molar-refractivity contribution in [1.29, 1.82) is 0 Å². The van der Waals surface area contributed by atoms with Gasteiger partial charge in [0.2, 0.25) is 0 Å². The molecule has 3 nitrogen and oxygen atoms in total. The Bertz CT molecular complexity index is 530. The van der Waals surface area contributed by atoms with Crippen molar-refractivity contribution in [2.24, 2.45) is 0 Å². The minimum absolute atomic E-state index is 0.298. The average Bonchev–Trinajstić information content (AvgIpc) is 2.52. The lowest BCUT2D eigenvalue weighted by molar-refractivity contribution is 0.477. The lowest BCUT2D eigenvalue weighted by atomic mass is 10.1. The van der Waals surface area contributed by atoms with E-state index in [0.29, 0.717) is 6.04 Å². The Morgan fingerprint density at radius 1 is 1.05 bits per heavy atom. The lowest BCUT2D eigenvalue weighted by Gasteiger charge is -2.13. The number of nitrogens with zero attached hydrogens (tertiary/aromatic N) is 1. The SMILES string of the molecule is CCCc1ccc(Oc2ccc(C(CC)NC)nc2)cc1. The van der Waals surface area contributed by atoms with Crippen LogP contribution >= 0.6 is 0 Å². The molecule has 0 saturated carbocycles. The first-order valence-corrected chi connectivity index (χ1v) is 7.66. The van der Waals surface area contributed by atoms with Gasteiger partial charge in [0, 0.05) is 6.04 Å². The van der Waals surface area contributed by atoms with Gasteiger partial charge in [0.15, 0.2) is 0 Å². The molecule has 0 radical (unpaired) electrons. The number of aromatic nitrogens is 1. The molecule has 112 valence electrons. The Balaban J connectivity index is 2.02. The zero-order valence-corrected chi connectivity index (χ0v) is 13.1. The normalized spacial score (nSPS) is 12.1. The van der Waals surface area contributed by atoms with Crippen molar-refractivity contribution in [3.63, 3.8) is 0 Å². The maximum absolute atomic E-state index is 5.83. The third-order valence-corrected chi connectivity index (χ3v) is 3.57. The van der Waals surface area contributed by atoms with Crippen LogP contribution in [-0.2, 0) is 6.42 Å². The molecule has 1 aromatic heterocycles. The van der Waals surface area contributed by atoms with Crippen LogP contribution in [0.5, 0.6) is 11.5 Å². The second-order valence-electron chi connectivity index (χ2n) is 5.16. The predicted octanol–water partition coefficient (Wildman–Crippen LogP) is 4.50. The zero-order valence-electron chi connectivity index (χ0n) is 13.1. The summed E-state index contributed by atoms with van der Waals surface area (Å²) in [6.07, 6.45) is 5.08. The zero-order chi connectivity index (χ0) is 15.1. The van der Waals surface area contributed by atoms with Crippen LogP contribution in [-0.4, -0.2) is 12.0 Å². The average molecular weight is 284 g/mol. The van der Waals surface area contributed by atoms with Gasteiger partial charge in [-0.2, -0.15) is 0 Å². The van der Waals surface area contributed by atoms with Crippen molar-refractivity contribution in [1.82, 2.24) is 10.3 Å². The van der Waals surface area contributed by atoms with E-state index in [0.717, 1.165) is 36.5 Å². The summed E-state index contributed by atoms with van der Waals surface area (Å²) >= 11 is 0. The highest BCUT2D eigenvalue weighted by atomic mass is 16.5. The molecule has 0 fully saturated rings. The largest absolute Gasteiger partial charge is 0.456 e. The molecule has 2 aromatic rings. The molecule has 1 aromatic carbocycles. The monoisotopic (exact) mass is 284 g/mol. The Kier molecular flexibility index (Phi) is 5.76. The molecule has 0 aliphatic rings. The Morgan fingerprint density at radius 2 is 1.76 bits per heavy atom. The molecule has 1 N–H and O–H groups in total. The number of nitrogens with one attached hydrogen (secondary N) is 1. The second kappa shape index (κ2) is 7.79. The summed E-state index contributed by atoms with van der Waals surface area (Å²) < 4.78 is 5.83. The second-order valence-corrected chi connectivity index (χ2v) is 5.16. The van der Waals surface area contributed by atoms with Crippen LogP contribution in [0.15, 0.2) is 42.6 Å². The fourth-order valence-corrected chi connectivity index (χ4v) is 2.37. The Labute approximate surface area is 127 Å².